The Bertz CT molecular complexity index is 1060. The van der Waals surface area contributed by atoms with Crippen molar-refractivity contribution in [1.29, 1.82) is 0 Å². The SMILES string of the molecule is CCOC(=O)/C=C(\C)c1cc(OC(=O)c2ccccc2)cc(OC(=O)c2ccccc2)c1. The van der Waals surface area contributed by atoms with Crippen molar-refractivity contribution in [2.75, 3.05) is 6.61 Å². The van der Waals surface area contributed by atoms with Crippen molar-refractivity contribution >= 4 is 23.5 Å². The van der Waals surface area contributed by atoms with Crippen molar-refractivity contribution in [2.24, 2.45) is 0 Å². The monoisotopic (exact) mass is 430 g/mol. The summed E-state index contributed by atoms with van der Waals surface area (Å²) in [5.74, 6) is -1.28. The molecule has 3 rings (SSSR count). The first-order valence-electron chi connectivity index (χ1n) is 10.0. The van der Waals surface area contributed by atoms with Crippen LogP contribution in [0.25, 0.3) is 5.57 Å². The molecule has 0 spiro atoms. The van der Waals surface area contributed by atoms with Gasteiger partial charge in [-0.25, -0.2) is 14.4 Å². The lowest BCUT2D eigenvalue weighted by Crippen LogP contribution is -2.10. The fourth-order valence-corrected chi connectivity index (χ4v) is 2.84. The van der Waals surface area contributed by atoms with Crippen molar-refractivity contribution in [2.45, 2.75) is 13.8 Å². The molecule has 0 atom stereocenters. The summed E-state index contributed by atoms with van der Waals surface area (Å²) >= 11 is 0. The predicted octanol–water partition coefficient (Wildman–Crippen LogP) is 5.09. The van der Waals surface area contributed by atoms with Crippen LogP contribution in [0.15, 0.2) is 84.9 Å². The zero-order valence-electron chi connectivity index (χ0n) is 17.7. The van der Waals surface area contributed by atoms with Crippen molar-refractivity contribution in [3.63, 3.8) is 0 Å². The number of rotatable bonds is 7. The summed E-state index contributed by atoms with van der Waals surface area (Å²) in [6, 6.07) is 21.7. The molecule has 0 bridgehead atoms. The molecule has 3 aromatic rings. The number of allylic oxidation sites excluding steroid dienone is 1. The summed E-state index contributed by atoms with van der Waals surface area (Å²) < 4.78 is 15.9. The Hall–Kier alpha value is -4.19. The fraction of sp³-hybridized carbons (Fsp3) is 0.115. The van der Waals surface area contributed by atoms with Gasteiger partial charge in [-0.1, -0.05) is 36.4 Å². The molecule has 0 radical (unpaired) electrons. The Balaban J connectivity index is 1.92. The van der Waals surface area contributed by atoms with Crippen LogP contribution in [0.1, 0.15) is 40.1 Å². The van der Waals surface area contributed by atoms with E-state index >= 15 is 0 Å². The van der Waals surface area contributed by atoms with Crippen molar-refractivity contribution in [1.82, 2.24) is 0 Å². The van der Waals surface area contributed by atoms with Gasteiger partial charge in [-0.15, -0.1) is 0 Å². The molecule has 0 aliphatic rings. The molecule has 0 fully saturated rings. The fourth-order valence-electron chi connectivity index (χ4n) is 2.84. The predicted molar refractivity (Wildman–Crippen MR) is 120 cm³/mol. The lowest BCUT2D eigenvalue weighted by molar-refractivity contribution is -0.137. The first kappa shape index (κ1) is 22.5. The van der Waals surface area contributed by atoms with E-state index in [1.165, 1.54) is 12.1 Å². The summed E-state index contributed by atoms with van der Waals surface area (Å²) in [5, 5.41) is 0. The van der Waals surface area contributed by atoms with Gasteiger partial charge >= 0.3 is 17.9 Å². The minimum absolute atomic E-state index is 0.170. The van der Waals surface area contributed by atoms with Crippen LogP contribution in [0.4, 0.5) is 0 Å². The third kappa shape index (κ3) is 6.15. The lowest BCUT2D eigenvalue weighted by Gasteiger charge is -2.11. The minimum atomic E-state index is -0.560. The van der Waals surface area contributed by atoms with Gasteiger partial charge in [-0.2, -0.15) is 0 Å². The van der Waals surface area contributed by atoms with Crippen molar-refractivity contribution in [3.05, 3.63) is 102 Å². The maximum absolute atomic E-state index is 12.5. The summed E-state index contributed by atoms with van der Waals surface area (Å²) in [6.45, 7) is 3.67. The van der Waals surface area contributed by atoms with Crippen molar-refractivity contribution in [3.8, 4) is 11.5 Å². The second kappa shape index (κ2) is 10.7. The third-order valence-corrected chi connectivity index (χ3v) is 4.40. The first-order valence-corrected chi connectivity index (χ1v) is 10.0. The van der Waals surface area contributed by atoms with E-state index in [1.807, 2.05) is 0 Å². The number of hydrogen-bond acceptors (Lipinski definition) is 6. The van der Waals surface area contributed by atoms with Gasteiger partial charge in [-0.3, -0.25) is 0 Å². The van der Waals surface area contributed by atoms with E-state index in [-0.39, 0.29) is 18.1 Å². The zero-order chi connectivity index (χ0) is 22.9. The van der Waals surface area contributed by atoms with Crippen LogP contribution < -0.4 is 9.47 Å². The van der Waals surface area contributed by atoms with E-state index in [9.17, 15) is 14.4 Å². The zero-order valence-corrected chi connectivity index (χ0v) is 17.7. The average Bonchev–Trinajstić information content (AvgIpc) is 2.80. The van der Waals surface area contributed by atoms with Gasteiger partial charge in [0.25, 0.3) is 0 Å². The second-order valence-corrected chi connectivity index (χ2v) is 6.78. The summed E-state index contributed by atoms with van der Waals surface area (Å²) in [4.78, 5) is 36.8. The molecular weight excluding hydrogens is 408 g/mol. The van der Waals surface area contributed by atoms with Crippen molar-refractivity contribution < 1.29 is 28.6 Å². The van der Waals surface area contributed by atoms with Gasteiger partial charge in [-0.05, 0) is 61.4 Å². The molecule has 0 aliphatic heterocycles. The molecule has 6 heteroatoms. The molecule has 162 valence electrons. The molecule has 0 aromatic heterocycles. The highest BCUT2D eigenvalue weighted by molar-refractivity contribution is 5.93. The largest absolute Gasteiger partial charge is 0.463 e. The molecule has 6 nitrogen and oxygen atoms in total. The Morgan fingerprint density at radius 2 is 1.19 bits per heavy atom. The molecule has 0 N–H and O–H groups in total. The Kier molecular flexibility index (Phi) is 7.54. The van der Waals surface area contributed by atoms with Crippen LogP contribution >= 0.6 is 0 Å². The van der Waals surface area contributed by atoms with E-state index in [2.05, 4.69) is 0 Å². The Morgan fingerprint density at radius 1 is 0.719 bits per heavy atom. The van der Waals surface area contributed by atoms with Crippen LogP contribution in [0, 0.1) is 0 Å². The molecule has 0 amide bonds. The van der Waals surface area contributed by atoms with Crippen LogP contribution in [-0.2, 0) is 9.53 Å². The molecule has 0 aliphatic carbocycles. The summed E-state index contributed by atoms with van der Waals surface area (Å²) in [7, 11) is 0. The summed E-state index contributed by atoms with van der Waals surface area (Å²) in [5.41, 5.74) is 1.84. The normalized spacial score (nSPS) is 10.9. The van der Waals surface area contributed by atoms with Gasteiger partial charge in [0, 0.05) is 12.1 Å². The molecule has 0 saturated heterocycles. The smallest absolute Gasteiger partial charge is 0.343 e. The van der Waals surface area contributed by atoms with Gasteiger partial charge in [0.2, 0.25) is 0 Å². The topological polar surface area (TPSA) is 78.9 Å². The number of ether oxygens (including phenoxy) is 3. The minimum Gasteiger partial charge on any atom is -0.463 e. The lowest BCUT2D eigenvalue weighted by atomic mass is 10.1. The maximum atomic E-state index is 12.5. The van der Waals surface area contributed by atoms with Crippen LogP contribution in [0.3, 0.4) is 0 Å². The molecule has 0 unspecified atom stereocenters. The first-order chi connectivity index (χ1) is 15.5. The summed E-state index contributed by atoms with van der Waals surface area (Å²) in [6.07, 6.45) is 1.32. The third-order valence-electron chi connectivity index (χ3n) is 4.40. The number of benzene rings is 3. The molecule has 0 saturated carbocycles. The Morgan fingerprint density at radius 3 is 1.62 bits per heavy atom. The van der Waals surface area contributed by atoms with Crippen LogP contribution in [0.5, 0.6) is 11.5 Å². The standard InChI is InChI=1S/C26H22O6/c1-3-30-24(27)14-18(2)21-15-22(31-25(28)19-10-6-4-7-11-19)17-23(16-21)32-26(29)20-12-8-5-9-13-20/h4-17H,3H2,1-2H3/b18-14+. The van der Waals surface area contributed by atoms with Gasteiger partial charge in [0.1, 0.15) is 11.5 Å². The number of carbonyl (C=O) groups is 3. The number of carbonyl (C=O) groups excluding carboxylic acids is 3. The highest BCUT2D eigenvalue weighted by atomic mass is 16.5. The van der Waals surface area contributed by atoms with E-state index < -0.39 is 17.9 Å². The highest BCUT2D eigenvalue weighted by Crippen LogP contribution is 2.28. The van der Waals surface area contributed by atoms with E-state index in [0.717, 1.165) is 0 Å². The Labute approximate surface area is 186 Å². The quantitative estimate of drug-likeness (QED) is 0.295. The molecular formula is C26H22O6. The maximum Gasteiger partial charge on any atom is 0.343 e. The van der Waals surface area contributed by atoms with E-state index in [1.54, 1.807) is 86.6 Å². The van der Waals surface area contributed by atoms with E-state index in [4.69, 9.17) is 14.2 Å². The van der Waals surface area contributed by atoms with E-state index in [0.29, 0.717) is 22.3 Å². The average molecular weight is 430 g/mol. The molecule has 3 aromatic carbocycles. The van der Waals surface area contributed by atoms with Crippen LogP contribution in [0.2, 0.25) is 0 Å². The number of hydrogen-bond donors (Lipinski definition) is 0. The molecule has 32 heavy (non-hydrogen) atoms. The highest BCUT2D eigenvalue weighted by Gasteiger charge is 2.14. The second-order valence-electron chi connectivity index (χ2n) is 6.78. The van der Waals surface area contributed by atoms with Gasteiger partial charge < -0.3 is 14.2 Å². The number of esters is 3. The van der Waals surface area contributed by atoms with Gasteiger partial charge in [0.15, 0.2) is 0 Å². The van der Waals surface area contributed by atoms with Gasteiger partial charge in [0.05, 0.1) is 17.7 Å². The molecule has 0 heterocycles. The van der Waals surface area contributed by atoms with Crippen LogP contribution in [-0.4, -0.2) is 24.5 Å².